The molecule has 11 nitrogen and oxygen atoms in total. The van der Waals surface area contributed by atoms with E-state index in [4.69, 9.17) is 15.9 Å². The van der Waals surface area contributed by atoms with E-state index in [0.29, 0.717) is 34.5 Å². The number of thiazole rings is 1. The minimum atomic E-state index is 0.147. The molecule has 2 bridgehead atoms. The number of likely N-dealkylation sites (tertiary alicyclic amines) is 1. The molecule has 312 valence electrons. The second-order valence-electron chi connectivity index (χ2n) is 19.3. The van der Waals surface area contributed by atoms with Crippen LogP contribution in [-0.4, -0.2) is 67.8 Å². The summed E-state index contributed by atoms with van der Waals surface area (Å²) >= 11 is 1.50. The second kappa shape index (κ2) is 16.8. The maximum Gasteiger partial charge on any atom is 0.212 e. The number of dihydropyridines is 1. The van der Waals surface area contributed by atoms with Gasteiger partial charge in [-0.2, -0.15) is 5.10 Å². The van der Waals surface area contributed by atoms with E-state index in [1.807, 2.05) is 54.4 Å². The molecule has 1 saturated heterocycles. The average molecular weight is 808 g/mol. The summed E-state index contributed by atoms with van der Waals surface area (Å²) in [4.78, 5) is 11.2. The van der Waals surface area contributed by atoms with Gasteiger partial charge in [0.25, 0.3) is 0 Å². The number of fused-ring (bicyclic) bond motifs is 3. The third-order valence-electron chi connectivity index (χ3n) is 12.9. The van der Waals surface area contributed by atoms with Crippen LogP contribution in [0.4, 0.5) is 5.13 Å². The van der Waals surface area contributed by atoms with E-state index in [1.54, 1.807) is 0 Å². The van der Waals surface area contributed by atoms with Gasteiger partial charge in [-0.25, -0.2) is 9.98 Å². The predicted octanol–water partition coefficient (Wildman–Crippen LogP) is 9.25. The van der Waals surface area contributed by atoms with Gasteiger partial charge in [0, 0.05) is 42.1 Å². The molecule has 58 heavy (non-hydrogen) atoms. The number of amidine groups is 2. The number of piperidine rings is 1. The molecule has 3 fully saturated rings. The van der Waals surface area contributed by atoms with Crippen LogP contribution in [0.1, 0.15) is 117 Å². The number of para-hydroxylation sites is 1. The van der Waals surface area contributed by atoms with Crippen LogP contribution in [0.5, 0.6) is 0 Å². The van der Waals surface area contributed by atoms with Crippen LogP contribution in [0.3, 0.4) is 0 Å². The molecule has 0 radical (unpaired) electrons. The quantitative estimate of drug-likeness (QED) is 0.0407. The van der Waals surface area contributed by atoms with Gasteiger partial charge in [-0.15, -0.1) is 0 Å². The number of nitrogens with zero attached hydrogens (tertiary/aromatic N) is 5. The molecule has 1 aromatic carbocycles. The highest BCUT2D eigenvalue weighted by molar-refractivity contribution is 7.22. The van der Waals surface area contributed by atoms with E-state index in [1.165, 1.54) is 56.3 Å². The molecule has 7 rings (SSSR count). The summed E-state index contributed by atoms with van der Waals surface area (Å²) in [5.74, 6) is 1.48. The molecule has 0 unspecified atom stereocenters. The number of aliphatic imine (C=N–C) groups is 1. The van der Waals surface area contributed by atoms with Gasteiger partial charge >= 0.3 is 0 Å². The van der Waals surface area contributed by atoms with E-state index in [9.17, 15) is 10.5 Å². The zero-order valence-corrected chi connectivity index (χ0v) is 36.4. The van der Waals surface area contributed by atoms with E-state index in [-0.39, 0.29) is 22.9 Å². The Bertz CT molecular complexity index is 2110. The molecule has 2 saturated carbocycles. The van der Waals surface area contributed by atoms with Gasteiger partial charge in [0.1, 0.15) is 23.8 Å². The number of hydrogen-bond donors (Lipinski definition) is 6. The lowest BCUT2D eigenvalue weighted by Gasteiger charge is -2.62. The van der Waals surface area contributed by atoms with Crippen LogP contribution < -0.4 is 16.4 Å². The van der Waals surface area contributed by atoms with Crippen molar-refractivity contribution in [2.75, 3.05) is 26.2 Å². The van der Waals surface area contributed by atoms with Gasteiger partial charge < -0.3 is 31.5 Å². The molecule has 4 heterocycles. The van der Waals surface area contributed by atoms with Crippen molar-refractivity contribution in [2.45, 2.75) is 119 Å². The van der Waals surface area contributed by atoms with Crippen molar-refractivity contribution in [3.05, 3.63) is 82.8 Å². The predicted molar refractivity (Wildman–Crippen MR) is 238 cm³/mol. The van der Waals surface area contributed by atoms with Gasteiger partial charge in [-0.3, -0.25) is 10.1 Å². The Morgan fingerprint density at radius 3 is 2.48 bits per heavy atom. The first-order chi connectivity index (χ1) is 27.6. The first-order valence-corrected chi connectivity index (χ1v) is 22.1. The van der Waals surface area contributed by atoms with E-state index in [0.717, 1.165) is 95.6 Å². The number of nitrogens with one attached hydrogen (secondary N) is 3. The molecule has 0 spiro atoms. The van der Waals surface area contributed by atoms with Crippen LogP contribution >= 0.6 is 11.3 Å². The fourth-order valence-corrected chi connectivity index (χ4v) is 12.6. The van der Waals surface area contributed by atoms with Crippen LogP contribution in [-0.2, 0) is 6.54 Å². The lowest BCUT2D eigenvalue weighted by molar-refractivity contribution is -0.122. The summed E-state index contributed by atoms with van der Waals surface area (Å²) < 4.78 is 3.30. The topological polar surface area (TPSA) is 161 Å². The Morgan fingerprint density at radius 2 is 1.76 bits per heavy atom. The molecule has 12 heteroatoms. The zero-order valence-electron chi connectivity index (χ0n) is 35.5. The molecule has 0 atom stereocenters. The monoisotopic (exact) mass is 807 g/mol. The van der Waals surface area contributed by atoms with Crippen LogP contribution in [0, 0.1) is 34.0 Å². The Balaban J connectivity index is 1.09. The van der Waals surface area contributed by atoms with Crippen molar-refractivity contribution >= 4 is 43.9 Å². The number of allylic oxidation sites excluding steroid dienone is 3. The first-order valence-electron chi connectivity index (χ1n) is 21.3. The highest BCUT2D eigenvalue weighted by atomic mass is 32.1. The Labute approximate surface area is 348 Å². The first kappa shape index (κ1) is 41.9. The zero-order chi connectivity index (χ0) is 41.3. The number of aliphatic hydroxyl groups excluding tert-OH is 2. The maximum absolute atomic E-state index is 10.6. The number of nitrogens with two attached hydrogens (primary N) is 1. The summed E-state index contributed by atoms with van der Waals surface area (Å²) in [6.07, 6.45) is 19.2. The molecule has 2 aliphatic carbocycles. The summed E-state index contributed by atoms with van der Waals surface area (Å²) in [6.45, 7) is 17.9. The van der Waals surface area contributed by atoms with Gasteiger partial charge in [0.15, 0.2) is 0 Å². The number of unbranched alkanes of at least 4 members (excludes halogenated alkanes) is 1. The average Bonchev–Trinajstić information content (AvgIpc) is 3.74. The Hall–Kier alpha value is -4.26. The summed E-state index contributed by atoms with van der Waals surface area (Å²) in [5.41, 5.74) is 13.6. The van der Waals surface area contributed by atoms with Crippen LogP contribution in [0.25, 0.3) is 15.8 Å². The van der Waals surface area contributed by atoms with Gasteiger partial charge in [-0.05, 0) is 149 Å². The maximum atomic E-state index is 10.6. The summed E-state index contributed by atoms with van der Waals surface area (Å²) in [6, 6.07) is 7.95. The number of rotatable bonds is 14. The molecule has 0 amide bonds. The third kappa shape index (κ3) is 8.99. The standard InChI is InChI=1S/C46H65N9O2S/c1-31(40(47)53-42-52-36-14-7-8-15-38(36)58-42)33-13-11-21-54(41(33)48)39-17-16-34(37(24-57)51-39)35-23-50-55(32(35)2)30-46-27-43(3,4)25-45(29-46,26-44(5,6)28-46)18-12-20-49-19-9-10-22-56/h7-8,14-17,23-24,48-49,51,56-57H,9-13,18-22,25-30H2,1-6H3,(H2,47,52,53)/b33-31-,37-24+,48-41?. The van der Waals surface area contributed by atoms with Gasteiger partial charge in [0.05, 0.1) is 22.1 Å². The van der Waals surface area contributed by atoms with E-state index in [2.05, 4.69) is 59.9 Å². The summed E-state index contributed by atoms with van der Waals surface area (Å²) in [5, 5.41) is 41.8. The number of hydrogen-bond acceptors (Lipinski definition) is 9. The lowest BCUT2D eigenvalue weighted by Crippen LogP contribution is -2.53. The molecule has 3 aromatic rings. The number of aromatic nitrogens is 3. The molecular weight excluding hydrogens is 743 g/mol. The van der Waals surface area contributed by atoms with Crippen molar-refractivity contribution in [3.63, 3.8) is 0 Å². The molecule has 4 aliphatic rings. The molecule has 7 N–H and O–H groups in total. The lowest BCUT2D eigenvalue weighted by atomic mass is 9.43. The number of benzene rings is 1. The highest BCUT2D eigenvalue weighted by Gasteiger charge is 2.57. The Kier molecular flexibility index (Phi) is 12.1. The van der Waals surface area contributed by atoms with Crippen LogP contribution in [0.15, 0.2) is 76.5 Å². The fourth-order valence-electron chi connectivity index (χ4n) is 11.7. The normalized spacial score (nSPS) is 26.1. The SMILES string of the molecule is CC(=C1\CCCN(C2=CC=C(c3cnn(CC45CC(C)(C)CC(CCCNCCCCO)(CC(C)(C)C4)C5)c3C)/C(=C\O)N2)C1=N)/C(N)=N\c1nc2ccccc2s1. The van der Waals surface area contributed by atoms with Crippen molar-refractivity contribution < 1.29 is 10.2 Å². The van der Waals surface area contributed by atoms with Crippen molar-refractivity contribution in [2.24, 2.45) is 32.4 Å². The van der Waals surface area contributed by atoms with E-state index >= 15 is 0 Å². The minimum Gasteiger partial charge on any atom is -0.513 e. The molecular formula is C46H65N9O2S. The van der Waals surface area contributed by atoms with E-state index < -0.39 is 0 Å². The number of aliphatic hydroxyl groups is 2. The largest absolute Gasteiger partial charge is 0.513 e. The molecule has 2 aromatic heterocycles. The van der Waals surface area contributed by atoms with Gasteiger partial charge in [0.2, 0.25) is 5.13 Å². The van der Waals surface area contributed by atoms with Crippen LogP contribution in [0.2, 0.25) is 0 Å². The third-order valence-corrected chi connectivity index (χ3v) is 13.9. The summed E-state index contributed by atoms with van der Waals surface area (Å²) in [7, 11) is 0. The van der Waals surface area contributed by atoms with Crippen molar-refractivity contribution in [1.29, 1.82) is 5.41 Å². The van der Waals surface area contributed by atoms with Gasteiger partial charge in [-0.1, -0.05) is 51.2 Å². The van der Waals surface area contributed by atoms with Crippen molar-refractivity contribution in [1.82, 2.24) is 30.3 Å². The Morgan fingerprint density at radius 1 is 1.03 bits per heavy atom. The van der Waals surface area contributed by atoms with Crippen molar-refractivity contribution in [3.8, 4) is 0 Å². The molecule has 2 aliphatic heterocycles. The fraction of sp³-hybridized carbons (Fsp3) is 0.565. The highest BCUT2D eigenvalue weighted by Crippen LogP contribution is 2.67. The smallest absolute Gasteiger partial charge is 0.212 e. The minimum absolute atomic E-state index is 0.147. The second-order valence-corrected chi connectivity index (χ2v) is 20.3.